The lowest BCUT2D eigenvalue weighted by Crippen LogP contribution is -2.38. The van der Waals surface area contributed by atoms with E-state index in [1.807, 2.05) is 11.9 Å². The fourth-order valence-electron chi connectivity index (χ4n) is 0.852. The van der Waals surface area contributed by atoms with E-state index in [9.17, 15) is 0 Å². The number of likely N-dealkylation sites (N-methyl/N-ethyl adjacent to an activating group) is 2. The van der Waals surface area contributed by atoms with Gasteiger partial charge in [0.05, 0.1) is 0 Å². The summed E-state index contributed by atoms with van der Waals surface area (Å²) < 4.78 is 4.59. The lowest BCUT2D eigenvalue weighted by molar-refractivity contribution is 0.356. The van der Waals surface area contributed by atoms with Crippen molar-refractivity contribution >= 4 is 16.2 Å². The van der Waals surface area contributed by atoms with Gasteiger partial charge in [-0.15, -0.1) is 10.2 Å². The number of nitrogens with zero attached hydrogens (tertiary/aromatic N) is 3. The van der Waals surface area contributed by atoms with Crippen LogP contribution in [0, 0.1) is 0 Å². The molecule has 0 aromatic carbocycles. The second kappa shape index (κ2) is 6.23. The van der Waals surface area contributed by atoms with Crippen LogP contribution in [0.15, 0.2) is 4.40 Å². The van der Waals surface area contributed by atoms with Gasteiger partial charge in [0.25, 0.3) is 0 Å². The highest BCUT2D eigenvalue weighted by Gasteiger charge is 2.09. The molecular formula is C10H26N4S. The minimum absolute atomic E-state index is 0.665. The van der Waals surface area contributed by atoms with Gasteiger partial charge >= 0.3 is 0 Å². The van der Waals surface area contributed by atoms with E-state index >= 15 is 0 Å². The van der Waals surface area contributed by atoms with E-state index in [0.717, 1.165) is 18.8 Å². The molecule has 0 saturated carbocycles. The van der Waals surface area contributed by atoms with E-state index in [0.29, 0.717) is 5.96 Å². The van der Waals surface area contributed by atoms with Crippen LogP contribution >= 0.6 is 10.2 Å². The predicted octanol–water partition coefficient (Wildman–Crippen LogP) is 0.794. The van der Waals surface area contributed by atoms with Crippen LogP contribution in [0.25, 0.3) is 0 Å². The zero-order valence-corrected chi connectivity index (χ0v) is 11.8. The van der Waals surface area contributed by atoms with Crippen molar-refractivity contribution in [2.24, 2.45) is 10.1 Å². The minimum atomic E-state index is -0.895. The van der Waals surface area contributed by atoms with Gasteiger partial charge in [0.1, 0.15) is 0 Å². The lowest BCUT2D eigenvalue weighted by atomic mass is 10.5. The van der Waals surface area contributed by atoms with Crippen molar-refractivity contribution in [1.82, 2.24) is 9.80 Å². The van der Waals surface area contributed by atoms with Crippen molar-refractivity contribution in [2.75, 3.05) is 52.5 Å². The molecule has 0 aliphatic heterocycles. The Morgan fingerprint density at radius 3 is 2.13 bits per heavy atom. The highest BCUT2D eigenvalue weighted by molar-refractivity contribution is 8.31. The molecule has 0 spiro atoms. The number of rotatable bonds is 5. The second-order valence-corrected chi connectivity index (χ2v) is 8.16. The second-order valence-electron chi connectivity index (χ2n) is 4.44. The van der Waals surface area contributed by atoms with Crippen molar-refractivity contribution in [1.29, 1.82) is 0 Å². The molecule has 0 rings (SSSR count). The Morgan fingerprint density at radius 2 is 1.73 bits per heavy atom. The molecule has 0 amide bonds. The van der Waals surface area contributed by atoms with Crippen molar-refractivity contribution < 1.29 is 0 Å². The number of nitrogens with two attached hydrogens (primary N) is 1. The molecule has 92 valence electrons. The van der Waals surface area contributed by atoms with Crippen LogP contribution < -0.4 is 5.73 Å². The molecule has 0 heterocycles. The van der Waals surface area contributed by atoms with E-state index in [1.165, 1.54) is 0 Å². The molecule has 4 nitrogen and oxygen atoms in total. The van der Waals surface area contributed by atoms with Crippen molar-refractivity contribution in [2.45, 2.75) is 6.92 Å². The average Bonchev–Trinajstić information content (AvgIpc) is 2.13. The molecule has 0 fully saturated rings. The summed E-state index contributed by atoms with van der Waals surface area (Å²) in [5.41, 5.74) is 5.94. The van der Waals surface area contributed by atoms with Gasteiger partial charge in [-0.1, -0.05) is 6.92 Å². The third-order valence-corrected chi connectivity index (χ3v) is 4.42. The first-order valence-electron chi connectivity index (χ1n) is 5.20. The van der Waals surface area contributed by atoms with Crippen molar-refractivity contribution in [3.8, 4) is 0 Å². The molecule has 15 heavy (non-hydrogen) atoms. The smallest absolute Gasteiger partial charge is 0.201 e. The summed E-state index contributed by atoms with van der Waals surface area (Å²) in [6.45, 7) is 4.07. The van der Waals surface area contributed by atoms with Gasteiger partial charge in [0.15, 0.2) is 0 Å². The molecule has 0 bridgehead atoms. The average molecular weight is 234 g/mol. The van der Waals surface area contributed by atoms with Crippen LogP contribution in [0.1, 0.15) is 6.92 Å². The zero-order chi connectivity index (χ0) is 12.1. The summed E-state index contributed by atoms with van der Waals surface area (Å²) in [7, 11) is 5.21. The van der Waals surface area contributed by atoms with E-state index in [-0.39, 0.29) is 0 Å². The Balaban J connectivity index is 4.24. The normalized spacial score (nSPS) is 14.5. The highest BCUT2D eigenvalue weighted by atomic mass is 32.3. The Kier molecular flexibility index (Phi) is 6.05. The van der Waals surface area contributed by atoms with Crippen LogP contribution in [0.4, 0.5) is 0 Å². The molecule has 0 unspecified atom stereocenters. The fraction of sp³-hybridized carbons (Fsp3) is 0.900. The fourth-order valence-corrected chi connectivity index (χ4v) is 1.63. The third kappa shape index (κ3) is 6.62. The SMILES string of the molecule is CCS(C)(C)N=C(N)N(C)CCN(C)C. The van der Waals surface area contributed by atoms with Crippen molar-refractivity contribution in [3.63, 3.8) is 0 Å². The largest absolute Gasteiger partial charge is 0.369 e. The predicted molar refractivity (Wildman–Crippen MR) is 72.8 cm³/mol. The van der Waals surface area contributed by atoms with Gasteiger partial charge in [0, 0.05) is 20.1 Å². The molecule has 5 heteroatoms. The van der Waals surface area contributed by atoms with Gasteiger partial charge in [-0.05, 0) is 32.4 Å². The molecule has 0 aromatic rings. The van der Waals surface area contributed by atoms with E-state index in [2.05, 4.69) is 42.8 Å². The minimum Gasteiger partial charge on any atom is -0.369 e. The quantitative estimate of drug-likeness (QED) is 0.565. The van der Waals surface area contributed by atoms with Crippen molar-refractivity contribution in [3.05, 3.63) is 0 Å². The topological polar surface area (TPSA) is 44.9 Å². The molecule has 0 atom stereocenters. The number of hydrogen-bond donors (Lipinski definition) is 1. The Bertz CT molecular complexity index is 213. The molecule has 0 radical (unpaired) electrons. The molecule has 0 aliphatic carbocycles. The summed E-state index contributed by atoms with van der Waals surface area (Å²) in [6, 6.07) is 0. The molecule has 0 aromatic heterocycles. The van der Waals surface area contributed by atoms with Crippen LogP contribution in [-0.2, 0) is 0 Å². The van der Waals surface area contributed by atoms with Gasteiger partial charge in [-0.2, -0.15) is 0 Å². The Morgan fingerprint density at radius 1 is 1.20 bits per heavy atom. The summed E-state index contributed by atoms with van der Waals surface area (Å²) in [4.78, 5) is 4.16. The van der Waals surface area contributed by atoms with E-state index < -0.39 is 10.2 Å². The van der Waals surface area contributed by atoms with E-state index in [4.69, 9.17) is 5.73 Å². The monoisotopic (exact) mass is 234 g/mol. The summed E-state index contributed by atoms with van der Waals surface area (Å²) >= 11 is 0. The van der Waals surface area contributed by atoms with Crippen LogP contribution in [0.5, 0.6) is 0 Å². The zero-order valence-electron chi connectivity index (χ0n) is 10.9. The van der Waals surface area contributed by atoms with Crippen LogP contribution in [0.3, 0.4) is 0 Å². The van der Waals surface area contributed by atoms with Gasteiger partial charge in [-0.3, -0.25) is 0 Å². The van der Waals surface area contributed by atoms with Crippen LogP contribution in [-0.4, -0.2) is 68.3 Å². The molecule has 0 aliphatic rings. The standard InChI is InChI=1S/C10H26N4S/c1-7-15(5,6)12-10(11)14(4)9-8-13(2)3/h7-9H2,1-6H3,(H2,11,12). The lowest BCUT2D eigenvalue weighted by Gasteiger charge is -2.28. The maximum absolute atomic E-state index is 5.94. The molecular weight excluding hydrogens is 208 g/mol. The summed E-state index contributed by atoms with van der Waals surface area (Å²) in [5.74, 6) is 1.74. The first-order valence-corrected chi connectivity index (χ1v) is 7.78. The first kappa shape index (κ1) is 14.6. The van der Waals surface area contributed by atoms with Gasteiger partial charge in [0.2, 0.25) is 5.96 Å². The highest BCUT2D eigenvalue weighted by Crippen LogP contribution is 2.40. The van der Waals surface area contributed by atoms with Gasteiger partial charge in [-0.25, -0.2) is 4.40 Å². The molecule has 2 N–H and O–H groups in total. The summed E-state index contributed by atoms with van der Waals surface area (Å²) in [6.07, 6.45) is 4.36. The first-order chi connectivity index (χ1) is 6.78. The Labute approximate surface area is 96.0 Å². The maximum atomic E-state index is 5.94. The van der Waals surface area contributed by atoms with Crippen LogP contribution in [0.2, 0.25) is 0 Å². The van der Waals surface area contributed by atoms with E-state index in [1.54, 1.807) is 0 Å². The molecule has 0 saturated heterocycles. The number of hydrogen-bond acceptors (Lipinski definition) is 2. The van der Waals surface area contributed by atoms with Gasteiger partial charge < -0.3 is 15.5 Å². The summed E-state index contributed by atoms with van der Waals surface area (Å²) in [5, 5.41) is 0. The third-order valence-electron chi connectivity index (χ3n) is 2.32. The Hall–Kier alpha value is -0.420. The maximum Gasteiger partial charge on any atom is 0.201 e. The number of guanidine groups is 1.